The Morgan fingerprint density at radius 1 is 1.28 bits per heavy atom. The van der Waals surface area contributed by atoms with E-state index in [1.54, 1.807) is 0 Å². The van der Waals surface area contributed by atoms with E-state index in [4.69, 9.17) is 5.73 Å². The molecule has 1 saturated carbocycles. The van der Waals surface area contributed by atoms with E-state index in [0.29, 0.717) is 12.8 Å². The lowest BCUT2D eigenvalue weighted by Crippen LogP contribution is -2.57. The van der Waals surface area contributed by atoms with Gasteiger partial charge in [0.1, 0.15) is 0 Å². The van der Waals surface area contributed by atoms with Crippen LogP contribution in [0.5, 0.6) is 0 Å². The molecule has 0 heterocycles. The first-order chi connectivity index (χ1) is 8.22. The van der Waals surface area contributed by atoms with Gasteiger partial charge in [0.25, 0.3) is 0 Å². The Labute approximate surface area is 104 Å². The number of hydrogen-bond acceptors (Lipinski definition) is 2. The normalized spacial score (nSPS) is 29.8. The van der Waals surface area contributed by atoms with Crippen LogP contribution < -0.4 is 5.73 Å². The van der Waals surface area contributed by atoms with Crippen LogP contribution >= 0.6 is 0 Å². The fourth-order valence-corrected chi connectivity index (χ4v) is 2.46. The lowest BCUT2D eigenvalue weighted by atomic mass is 9.65. The van der Waals surface area contributed by atoms with Gasteiger partial charge in [0, 0.05) is 5.54 Å². The lowest BCUT2D eigenvalue weighted by Gasteiger charge is -2.46. The highest BCUT2D eigenvalue weighted by Crippen LogP contribution is 2.41. The van der Waals surface area contributed by atoms with Crippen LogP contribution in [0.2, 0.25) is 0 Å². The highest BCUT2D eigenvalue weighted by Gasteiger charge is 2.44. The Morgan fingerprint density at radius 3 is 2.17 bits per heavy atom. The van der Waals surface area contributed by atoms with E-state index in [0.717, 1.165) is 17.7 Å². The summed E-state index contributed by atoms with van der Waals surface area (Å²) in [5, 5.41) is 9.30. The maximum atomic E-state index is 12.4. The summed E-state index contributed by atoms with van der Waals surface area (Å²) in [6, 6.07) is 5.08. The van der Waals surface area contributed by atoms with E-state index < -0.39 is 17.3 Å². The minimum atomic E-state index is -4.31. The summed E-state index contributed by atoms with van der Waals surface area (Å²) in [6.45, 7) is 1.88. The molecular formula is C13H16F3NO. The van der Waals surface area contributed by atoms with Crippen molar-refractivity contribution in [1.82, 2.24) is 0 Å². The smallest absolute Gasteiger partial charge is 0.393 e. The first kappa shape index (κ1) is 13.4. The van der Waals surface area contributed by atoms with E-state index in [2.05, 4.69) is 0 Å². The van der Waals surface area contributed by atoms with Crippen LogP contribution in [0.1, 0.15) is 36.8 Å². The summed E-state index contributed by atoms with van der Waals surface area (Å²) in [5.74, 6) is -0.0665. The molecule has 1 aliphatic rings. The van der Waals surface area contributed by atoms with Crippen molar-refractivity contribution in [2.45, 2.75) is 43.5 Å². The van der Waals surface area contributed by atoms with Crippen molar-refractivity contribution < 1.29 is 18.3 Å². The molecule has 0 saturated heterocycles. The topological polar surface area (TPSA) is 46.2 Å². The van der Waals surface area contributed by atoms with E-state index >= 15 is 0 Å². The Morgan fingerprint density at radius 2 is 1.78 bits per heavy atom. The molecule has 0 aromatic heterocycles. The molecule has 100 valence electrons. The van der Waals surface area contributed by atoms with Crippen LogP contribution in [0.15, 0.2) is 24.3 Å². The Balaban J connectivity index is 2.15. The van der Waals surface area contributed by atoms with Gasteiger partial charge < -0.3 is 10.8 Å². The third-order valence-electron chi connectivity index (χ3n) is 3.83. The van der Waals surface area contributed by atoms with Crippen molar-refractivity contribution in [2.24, 2.45) is 5.73 Å². The molecule has 1 fully saturated rings. The summed E-state index contributed by atoms with van der Waals surface area (Å²) in [7, 11) is 0. The Kier molecular flexibility index (Phi) is 3.15. The predicted octanol–water partition coefficient (Wildman–Crippen LogP) is 2.66. The molecule has 1 aromatic carbocycles. The molecular weight excluding hydrogens is 243 g/mol. The van der Waals surface area contributed by atoms with Crippen molar-refractivity contribution in [3.05, 3.63) is 35.4 Å². The van der Waals surface area contributed by atoms with Gasteiger partial charge in [-0.15, -0.1) is 0 Å². The predicted molar refractivity (Wildman–Crippen MR) is 62.0 cm³/mol. The van der Waals surface area contributed by atoms with Crippen molar-refractivity contribution in [2.75, 3.05) is 0 Å². The zero-order valence-corrected chi connectivity index (χ0v) is 10.0. The lowest BCUT2D eigenvalue weighted by molar-refractivity contribution is -0.137. The monoisotopic (exact) mass is 259 g/mol. The van der Waals surface area contributed by atoms with E-state index in [1.165, 1.54) is 12.1 Å². The minimum Gasteiger partial charge on any atom is -0.393 e. The van der Waals surface area contributed by atoms with Gasteiger partial charge in [-0.25, -0.2) is 0 Å². The van der Waals surface area contributed by atoms with Gasteiger partial charge in [0.15, 0.2) is 0 Å². The van der Waals surface area contributed by atoms with Crippen LogP contribution in [0.25, 0.3) is 0 Å². The summed E-state index contributed by atoms with van der Waals surface area (Å²) in [5.41, 5.74) is 5.73. The van der Waals surface area contributed by atoms with E-state index in [1.807, 2.05) is 6.92 Å². The number of aliphatic hydroxyl groups is 1. The summed E-state index contributed by atoms with van der Waals surface area (Å²) < 4.78 is 37.3. The molecule has 2 rings (SSSR count). The molecule has 0 amide bonds. The molecule has 18 heavy (non-hydrogen) atoms. The first-order valence-electron chi connectivity index (χ1n) is 5.86. The highest BCUT2D eigenvalue weighted by molar-refractivity contribution is 5.30. The van der Waals surface area contributed by atoms with Crippen molar-refractivity contribution in [1.29, 1.82) is 0 Å². The third kappa shape index (κ3) is 2.37. The van der Waals surface area contributed by atoms with Crippen LogP contribution in [0.3, 0.4) is 0 Å². The number of aliphatic hydroxyl groups excluding tert-OH is 1. The molecule has 2 nitrogen and oxygen atoms in total. The van der Waals surface area contributed by atoms with Gasteiger partial charge in [-0.3, -0.25) is 0 Å². The number of alkyl halides is 3. The second-order valence-corrected chi connectivity index (χ2v) is 5.14. The molecule has 5 heteroatoms. The number of halogens is 3. The molecule has 0 spiro atoms. The van der Waals surface area contributed by atoms with Gasteiger partial charge in [-0.05, 0) is 36.5 Å². The second-order valence-electron chi connectivity index (χ2n) is 5.14. The second kappa shape index (κ2) is 4.24. The molecule has 0 aliphatic heterocycles. The van der Waals surface area contributed by atoms with Crippen LogP contribution in [-0.4, -0.2) is 16.7 Å². The van der Waals surface area contributed by atoms with Crippen molar-refractivity contribution in [3.63, 3.8) is 0 Å². The zero-order chi connectivity index (χ0) is 13.6. The molecule has 0 bridgehead atoms. The summed E-state index contributed by atoms with van der Waals surface area (Å²) >= 11 is 0. The average molecular weight is 259 g/mol. The number of nitrogens with two attached hydrogens (primary N) is 1. The SMILES string of the molecule is CC(c1ccc(C(F)(F)F)cc1)C1(N)CC(O)C1. The minimum absolute atomic E-state index is 0.0665. The largest absolute Gasteiger partial charge is 0.416 e. The fraction of sp³-hybridized carbons (Fsp3) is 0.538. The van der Waals surface area contributed by atoms with Gasteiger partial charge in [0.2, 0.25) is 0 Å². The van der Waals surface area contributed by atoms with Crippen molar-refractivity contribution in [3.8, 4) is 0 Å². The number of rotatable bonds is 2. The summed E-state index contributed by atoms with van der Waals surface area (Å²) in [4.78, 5) is 0. The van der Waals surface area contributed by atoms with E-state index in [9.17, 15) is 18.3 Å². The van der Waals surface area contributed by atoms with Gasteiger partial charge in [-0.2, -0.15) is 13.2 Å². The molecule has 1 aliphatic carbocycles. The van der Waals surface area contributed by atoms with Gasteiger partial charge >= 0.3 is 6.18 Å². The fourth-order valence-electron chi connectivity index (χ4n) is 2.46. The number of benzene rings is 1. The Bertz CT molecular complexity index is 421. The molecule has 1 aromatic rings. The maximum absolute atomic E-state index is 12.4. The highest BCUT2D eigenvalue weighted by atomic mass is 19.4. The number of hydrogen-bond donors (Lipinski definition) is 2. The first-order valence-corrected chi connectivity index (χ1v) is 5.86. The summed E-state index contributed by atoms with van der Waals surface area (Å²) in [6.07, 6.45) is -3.70. The van der Waals surface area contributed by atoms with Crippen molar-refractivity contribution >= 4 is 0 Å². The van der Waals surface area contributed by atoms with Crippen LogP contribution in [0.4, 0.5) is 13.2 Å². The van der Waals surface area contributed by atoms with E-state index in [-0.39, 0.29) is 12.0 Å². The molecule has 3 N–H and O–H groups in total. The van der Waals surface area contributed by atoms with Crippen LogP contribution in [-0.2, 0) is 6.18 Å². The third-order valence-corrected chi connectivity index (χ3v) is 3.83. The van der Waals surface area contributed by atoms with Gasteiger partial charge in [0.05, 0.1) is 11.7 Å². The quantitative estimate of drug-likeness (QED) is 0.857. The average Bonchev–Trinajstić information content (AvgIpc) is 2.25. The standard InChI is InChI=1S/C13H16F3NO/c1-8(12(17)6-11(18)7-12)9-2-4-10(5-3-9)13(14,15)16/h2-5,8,11,18H,6-7,17H2,1H3. The zero-order valence-electron chi connectivity index (χ0n) is 10.0. The Hall–Kier alpha value is -1.07. The van der Waals surface area contributed by atoms with Gasteiger partial charge in [-0.1, -0.05) is 19.1 Å². The molecule has 1 atom stereocenters. The maximum Gasteiger partial charge on any atom is 0.416 e. The molecule has 0 radical (unpaired) electrons. The van der Waals surface area contributed by atoms with Crippen LogP contribution in [0, 0.1) is 0 Å². The molecule has 1 unspecified atom stereocenters.